The molecule has 81 heavy (non-hydrogen) atoms. The number of hydrogen-bond donors (Lipinski definition) is 9. The molecule has 9 N–H and O–H groups in total. The predicted octanol–water partition coefficient (Wildman–Crippen LogP) is 13.2. The second-order valence-corrected chi connectivity index (χ2v) is 24.3. The minimum absolute atomic E-state index is 0.242. The number of aliphatic hydroxyl groups excluding tert-OH is 8. The molecule has 2 heterocycles. The molecule has 0 spiro atoms. The van der Waals surface area contributed by atoms with E-state index < -0.39 is 86.8 Å². The Bertz CT molecular complexity index is 1450. The fraction of sp³-hybridized carbons (Fsp3) is 0.925. The van der Waals surface area contributed by atoms with Crippen molar-refractivity contribution in [2.75, 3.05) is 19.8 Å². The standard InChI is InChI=1S/C67H127NO13/c1-3-5-7-9-11-13-15-17-19-21-23-25-27-28-29-30-32-34-36-38-40-42-44-46-48-50-56(71)55(54-78-66-64(77)62(75)65(58(53-70)80-66)81-67-63(76)61(74)60(73)57(52-69)79-67)68-59(72)51-49-47-45-43-41-39-37-35-33-31-26-24-22-20-18-16-14-12-10-8-6-4-2/h40,42,48,50,55-58,60-67,69-71,73-77H,3-39,41,43-47,49,51-54H2,1-2H3,(H,68,72)/b42-40+,50-48+. The Morgan fingerprint density at radius 2 is 0.790 bits per heavy atom. The lowest BCUT2D eigenvalue weighted by Gasteiger charge is -2.46. The van der Waals surface area contributed by atoms with Crippen molar-refractivity contribution in [1.82, 2.24) is 5.32 Å². The van der Waals surface area contributed by atoms with E-state index in [-0.39, 0.29) is 18.9 Å². The summed E-state index contributed by atoms with van der Waals surface area (Å²) in [6, 6.07) is -0.929. The predicted molar refractivity (Wildman–Crippen MR) is 328 cm³/mol. The summed E-state index contributed by atoms with van der Waals surface area (Å²) in [6.07, 6.45) is 48.0. The summed E-state index contributed by atoms with van der Waals surface area (Å²) in [7, 11) is 0. The van der Waals surface area contributed by atoms with Gasteiger partial charge in [0.05, 0.1) is 32.0 Å². The normalized spacial score (nSPS) is 24.2. The second kappa shape index (κ2) is 52.8. The van der Waals surface area contributed by atoms with Crippen LogP contribution in [0.4, 0.5) is 0 Å². The van der Waals surface area contributed by atoms with Gasteiger partial charge in [0.2, 0.25) is 5.91 Å². The molecule has 0 aromatic carbocycles. The molecule has 478 valence electrons. The van der Waals surface area contributed by atoms with Crippen LogP contribution in [0.2, 0.25) is 0 Å². The zero-order chi connectivity index (χ0) is 58.8. The Morgan fingerprint density at radius 1 is 0.432 bits per heavy atom. The third-order valence-electron chi connectivity index (χ3n) is 16.9. The third-order valence-corrected chi connectivity index (χ3v) is 16.9. The molecule has 2 aliphatic rings. The van der Waals surface area contributed by atoms with Crippen molar-refractivity contribution < 1.29 is 64.6 Å². The number of rotatable bonds is 56. The maximum Gasteiger partial charge on any atom is 0.220 e. The molecule has 12 atom stereocenters. The van der Waals surface area contributed by atoms with E-state index in [9.17, 15) is 45.6 Å². The maximum atomic E-state index is 13.3. The van der Waals surface area contributed by atoms with E-state index in [1.54, 1.807) is 6.08 Å². The molecule has 12 unspecified atom stereocenters. The second-order valence-electron chi connectivity index (χ2n) is 24.3. The number of allylic oxidation sites excluding steroid dienone is 3. The van der Waals surface area contributed by atoms with Crippen LogP contribution in [-0.2, 0) is 23.7 Å². The van der Waals surface area contributed by atoms with E-state index in [2.05, 4.69) is 31.3 Å². The van der Waals surface area contributed by atoms with Crippen LogP contribution in [0.15, 0.2) is 24.3 Å². The van der Waals surface area contributed by atoms with Crippen LogP contribution in [-0.4, -0.2) is 140 Å². The van der Waals surface area contributed by atoms with Gasteiger partial charge in [-0.3, -0.25) is 4.79 Å². The van der Waals surface area contributed by atoms with Crippen LogP contribution in [0.25, 0.3) is 0 Å². The van der Waals surface area contributed by atoms with Gasteiger partial charge in [0.15, 0.2) is 12.6 Å². The fourth-order valence-corrected chi connectivity index (χ4v) is 11.4. The highest BCUT2D eigenvalue weighted by molar-refractivity contribution is 5.76. The molecular weight excluding hydrogens is 1030 g/mol. The average Bonchev–Trinajstić information content (AvgIpc) is 3.63. The van der Waals surface area contributed by atoms with Crippen molar-refractivity contribution in [2.24, 2.45) is 0 Å². The highest BCUT2D eigenvalue weighted by Crippen LogP contribution is 2.30. The highest BCUT2D eigenvalue weighted by Gasteiger charge is 2.51. The molecule has 2 fully saturated rings. The highest BCUT2D eigenvalue weighted by atomic mass is 16.7. The number of ether oxygens (including phenoxy) is 4. The van der Waals surface area contributed by atoms with Crippen molar-refractivity contribution in [1.29, 1.82) is 0 Å². The number of unbranched alkanes of at least 4 members (excludes halogenated alkanes) is 41. The Balaban J connectivity index is 1.72. The van der Waals surface area contributed by atoms with Crippen molar-refractivity contribution in [3.8, 4) is 0 Å². The quantitative estimate of drug-likeness (QED) is 0.0204. The Morgan fingerprint density at radius 3 is 1.21 bits per heavy atom. The van der Waals surface area contributed by atoms with Crippen LogP contribution in [0.3, 0.4) is 0 Å². The van der Waals surface area contributed by atoms with Crippen molar-refractivity contribution >= 4 is 5.91 Å². The molecule has 0 bridgehead atoms. The first kappa shape index (κ1) is 75.6. The number of hydrogen-bond acceptors (Lipinski definition) is 13. The largest absolute Gasteiger partial charge is 0.394 e. The Kier molecular flexibility index (Phi) is 49.2. The molecule has 0 aromatic heterocycles. The zero-order valence-corrected chi connectivity index (χ0v) is 51.8. The van der Waals surface area contributed by atoms with E-state index >= 15 is 0 Å². The minimum atomic E-state index is -1.79. The molecule has 14 heteroatoms. The monoisotopic (exact) mass is 1150 g/mol. The number of aliphatic hydroxyl groups is 8. The van der Waals surface area contributed by atoms with Crippen molar-refractivity contribution in [2.45, 2.75) is 376 Å². The molecular formula is C67H127NO13. The summed E-state index contributed by atoms with van der Waals surface area (Å²) in [6.45, 7) is 2.83. The molecule has 2 aliphatic heterocycles. The number of carbonyl (C=O) groups excluding carboxylic acids is 1. The van der Waals surface area contributed by atoms with Crippen molar-refractivity contribution in [3.63, 3.8) is 0 Å². The van der Waals surface area contributed by atoms with Crippen LogP contribution in [0.1, 0.15) is 303 Å². The lowest BCUT2D eigenvalue weighted by Crippen LogP contribution is -2.65. The lowest BCUT2D eigenvalue weighted by molar-refractivity contribution is -0.359. The van der Waals surface area contributed by atoms with Gasteiger partial charge in [0.1, 0.15) is 48.8 Å². The first-order chi connectivity index (χ1) is 39.6. The van der Waals surface area contributed by atoms with Gasteiger partial charge in [-0.25, -0.2) is 0 Å². The minimum Gasteiger partial charge on any atom is -0.394 e. The molecule has 0 aromatic rings. The van der Waals surface area contributed by atoms with Gasteiger partial charge in [0.25, 0.3) is 0 Å². The summed E-state index contributed by atoms with van der Waals surface area (Å²) in [4.78, 5) is 13.3. The fourth-order valence-electron chi connectivity index (χ4n) is 11.4. The molecule has 0 aliphatic carbocycles. The van der Waals surface area contributed by atoms with Gasteiger partial charge in [-0.2, -0.15) is 0 Å². The van der Waals surface area contributed by atoms with E-state index in [1.807, 2.05) is 6.08 Å². The zero-order valence-electron chi connectivity index (χ0n) is 51.8. The summed E-state index contributed by atoms with van der Waals surface area (Å²) in [5.41, 5.74) is 0. The van der Waals surface area contributed by atoms with Gasteiger partial charge in [-0.05, 0) is 32.1 Å². The van der Waals surface area contributed by atoms with Gasteiger partial charge < -0.3 is 65.1 Å². The van der Waals surface area contributed by atoms with Crippen LogP contribution in [0, 0.1) is 0 Å². The summed E-state index contributed by atoms with van der Waals surface area (Å²) in [5.74, 6) is -0.242. The van der Waals surface area contributed by atoms with Crippen molar-refractivity contribution in [3.05, 3.63) is 24.3 Å². The third kappa shape index (κ3) is 37.6. The number of nitrogens with one attached hydrogen (secondary N) is 1. The van der Waals surface area contributed by atoms with E-state index in [4.69, 9.17) is 18.9 Å². The summed E-state index contributed by atoms with van der Waals surface area (Å²) in [5, 5.41) is 87.3. The lowest BCUT2D eigenvalue weighted by atomic mass is 9.97. The first-order valence-corrected chi connectivity index (χ1v) is 34.1. The van der Waals surface area contributed by atoms with Gasteiger partial charge in [0, 0.05) is 6.42 Å². The summed E-state index contributed by atoms with van der Waals surface area (Å²) < 4.78 is 22.8. The topological polar surface area (TPSA) is 228 Å². The molecule has 0 saturated carbocycles. The van der Waals surface area contributed by atoms with Gasteiger partial charge >= 0.3 is 0 Å². The van der Waals surface area contributed by atoms with Crippen LogP contribution in [0.5, 0.6) is 0 Å². The molecule has 14 nitrogen and oxygen atoms in total. The van der Waals surface area contributed by atoms with Gasteiger partial charge in [-0.1, -0.05) is 289 Å². The SMILES string of the molecule is CCCCCCCCCCCCCCCCCCCCC/C=C/CC/C=C/C(O)C(COC1OC(CO)C(OC2OC(CO)C(O)C(O)C2O)C(O)C1O)NC(=O)CCCCCCCCCCCCCCCCCCCCCCCC. The Hall–Kier alpha value is -1.53. The van der Waals surface area contributed by atoms with E-state index in [0.717, 1.165) is 32.1 Å². The molecule has 2 rings (SSSR count). The first-order valence-electron chi connectivity index (χ1n) is 34.1. The van der Waals surface area contributed by atoms with Crippen LogP contribution < -0.4 is 5.32 Å². The molecule has 0 radical (unpaired) electrons. The smallest absolute Gasteiger partial charge is 0.220 e. The summed E-state index contributed by atoms with van der Waals surface area (Å²) >= 11 is 0. The molecule has 2 saturated heterocycles. The molecule has 1 amide bonds. The Labute approximate surface area is 494 Å². The van der Waals surface area contributed by atoms with E-state index in [0.29, 0.717) is 12.8 Å². The van der Waals surface area contributed by atoms with Crippen LogP contribution >= 0.6 is 0 Å². The number of amides is 1. The number of carbonyl (C=O) groups is 1. The average molecular weight is 1150 g/mol. The maximum absolute atomic E-state index is 13.3. The van der Waals surface area contributed by atoms with E-state index in [1.165, 1.54) is 238 Å². The van der Waals surface area contributed by atoms with Gasteiger partial charge in [-0.15, -0.1) is 0 Å².